The zero-order valence-corrected chi connectivity index (χ0v) is 27.4. The predicted molar refractivity (Wildman–Crippen MR) is 182 cm³/mol. The number of methoxy groups -OCH3 is 1. The first kappa shape index (κ1) is 33.1. The lowest BCUT2D eigenvalue weighted by molar-refractivity contribution is 0.284. The second-order valence-electron chi connectivity index (χ2n) is 10.6. The molecular weight excluding hydrogens is 621 g/mol. The summed E-state index contributed by atoms with van der Waals surface area (Å²) in [6.45, 7) is 8.43. The number of piperidine rings is 1. The summed E-state index contributed by atoms with van der Waals surface area (Å²) < 4.78 is 11.7. The van der Waals surface area contributed by atoms with E-state index in [2.05, 4.69) is 52.6 Å². The van der Waals surface area contributed by atoms with Gasteiger partial charge in [-0.25, -0.2) is 5.43 Å². The first-order chi connectivity index (χ1) is 20.8. The van der Waals surface area contributed by atoms with Crippen molar-refractivity contribution in [2.24, 2.45) is 11.0 Å². The SMILES string of the molecule is COc1cccc(/C=N\Nc2nc(Nc3cccc(C)c3C)nc(N3CCC(C)CC3)n2)c1OCc1ccc(Cl)cc1Cl.Cl. The molecule has 1 fully saturated rings. The standard InChI is InChI=1S/C32H35Cl2N7O2.ClH/c1-20-13-15-41(16-14-20)32-38-30(36-27-9-5-7-21(2)22(27)3)37-31(39-32)40-35-18-23-8-6-10-28(42-4)29(23)43-19-24-11-12-25(33)17-26(24)34;/h5-12,17-18,20H,13-16,19H2,1-4H3,(H2,36,37,38,39,40);1H/b35-18-;. The number of para-hydroxylation sites is 1. The first-order valence-corrected chi connectivity index (χ1v) is 14.9. The minimum Gasteiger partial charge on any atom is -0.493 e. The average molecular weight is 657 g/mol. The molecule has 1 aliphatic rings. The van der Waals surface area contributed by atoms with E-state index in [9.17, 15) is 0 Å². The third-order valence-electron chi connectivity index (χ3n) is 7.53. The van der Waals surface area contributed by atoms with E-state index in [1.54, 1.807) is 25.5 Å². The second kappa shape index (κ2) is 15.3. The number of hydrazone groups is 1. The number of aryl methyl sites for hydroxylation is 1. The van der Waals surface area contributed by atoms with Gasteiger partial charge in [0.15, 0.2) is 11.5 Å². The van der Waals surface area contributed by atoms with Crippen molar-refractivity contribution in [2.75, 3.05) is 35.8 Å². The Kier molecular flexibility index (Phi) is 11.5. The van der Waals surface area contributed by atoms with Crippen LogP contribution in [0.4, 0.5) is 23.5 Å². The number of benzene rings is 3. The fourth-order valence-electron chi connectivity index (χ4n) is 4.73. The van der Waals surface area contributed by atoms with E-state index in [-0.39, 0.29) is 19.0 Å². The smallest absolute Gasteiger partial charge is 0.250 e. The molecule has 44 heavy (non-hydrogen) atoms. The van der Waals surface area contributed by atoms with Gasteiger partial charge >= 0.3 is 0 Å². The lowest BCUT2D eigenvalue weighted by atomic mass is 10.00. The Hall–Kier alpha value is -3.79. The molecule has 1 aromatic heterocycles. The Labute approximate surface area is 274 Å². The molecule has 0 unspecified atom stereocenters. The average Bonchev–Trinajstić information content (AvgIpc) is 2.99. The van der Waals surface area contributed by atoms with Crippen molar-refractivity contribution < 1.29 is 9.47 Å². The number of rotatable bonds is 10. The summed E-state index contributed by atoms with van der Waals surface area (Å²) in [7, 11) is 1.59. The van der Waals surface area contributed by atoms with Crippen LogP contribution < -0.4 is 25.1 Å². The summed E-state index contributed by atoms with van der Waals surface area (Å²) in [6, 6.07) is 17.0. The molecule has 0 bridgehead atoms. The highest BCUT2D eigenvalue weighted by atomic mass is 35.5. The third-order valence-corrected chi connectivity index (χ3v) is 8.11. The molecule has 5 rings (SSSR count). The summed E-state index contributed by atoms with van der Waals surface area (Å²) in [6.07, 6.45) is 3.82. The van der Waals surface area contributed by atoms with E-state index in [1.165, 1.54) is 5.56 Å². The van der Waals surface area contributed by atoms with Crippen LogP contribution in [0, 0.1) is 19.8 Å². The minimum atomic E-state index is 0. The van der Waals surface area contributed by atoms with Crippen LogP contribution >= 0.6 is 35.6 Å². The highest BCUT2D eigenvalue weighted by molar-refractivity contribution is 6.35. The Bertz CT molecular complexity index is 1610. The van der Waals surface area contributed by atoms with Gasteiger partial charge in [-0.15, -0.1) is 12.4 Å². The zero-order valence-electron chi connectivity index (χ0n) is 25.1. The quantitative estimate of drug-likeness (QED) is 0.130. The molecule has 0 amide bonds. The van der Waals surface area contributed by atoms with Gasteiger partial charge in [0.2, 0.25) is 17.8 Å². The Morgan fingerprint density at radius 1 is 1.00 bits per heavy atom. The predicted octanol–water partition coefficient (Wildman–Crippen LogP) is 8.23. The fourth-order valence-corrected chi connectivity index (χ4v) is 5.19. The molecule has 0 spiro atoms. The topological polar surface area (TPSA) is 96.8 Å². The number of aromatic nitrogens is 3. The molecule has 0 radical (unpaired) electrons. The normalized spacial score (nSPS) is 13.5. The van der Waals surface area contributed by atoms with Gasteiger partial charge in [0.05, 0.1) is 13.3 Å². The summed E-state index contributed by atoms with van der Waals surface area (Å²) in [4.78, 5) is 16.3. The first-order valence-electron chi connectivity index (χ1n) is 14.2. The van der Waals surface area contributed by atoms with Crippen molar-refractivity contribution in [3.63, 3.8) is 0 Å². The van der Waals surface area contributed by atoms with Crippen LogP contribution in [0.3, 0.4) is 0 Å². The van der Waals surface area contributed by atoms with Crippen LogP contribution in [0.1, 0.15) is 42.0 Å². The molecule has 3 aromatic carbocycles. The maximum atomic E-state index is 6.36. The number of hydrogen-bond donors (Lipinski definition) is 2. The fraction of sp³-hybridized carbons (Fsp3) is 0.312. The summed E-state index contributed by atoms with van der Waals surface area (Å²) in [5.41, 5.74) is 7.75. The van der Waals surface area contributed by atoms with Crippen molar-refractivity contribution in [3.05, 3.63) is 86.9 Å². The number of anilines is 4. The largest absolute Gasteiger partial charge is 0.493 e. The van der Waals surface area contributed by atoms with Gasteiger partial charge in [0.25, 0.3) is 0 Å². The molecular formula is C32H36Cl3N7O2. The second-order valence-corrected chi connectivity index (χ2v) is 11.4. The van der Waals surface area contributed by atoms with Gasteiger partial charge in [0, 0.05) is 39.9 Å². The number of hydrogen-bond acceptors (Lipinski definition) is 9. The number of ether oxygens (including phenoxy) is 2. The molecule has 9 nitrogen and oxygen atoms in total. The van der Waals surface area contributed by atoms with Crippen LogP contribution in [0.15, 0.2) is 59.7 Å². The van der Waals surface area contributed by atoms with E-state index in [1.807, 2.05) is 36.4 Å². The van der Waals surface area contributed by atoms with Gasteiger partial charge < -0.3 is 19.7 Å². The van der Waals surface area contributed by atoms with Crippen LogP contribution in [0.25, 0.3) is 0 Å². The molecule has 1 saturated heterocycles. The van der Waals surface area contributed by atoms with Crippen LogP contribution in [0.2, 0.25) is 10.0 Å². The molecule has 0 atom stereocenters. The highest BCUT2D eigenvalue weighted by Crippen LogP contribution is 2.32. The Morgan fingerprint density at radius 3 is 2.50 bits per heavy atom. The van der Waals surface area contributed by atoms with Gasteiger partial charge in [0.1, 0.15) is 6.61 Å². The van der Waals surface area contributed by atoms with Crippen LogP contribution in [-0.4, -0.2) is 41.4 Å². The van der Waals surface area contributed by atoms with E-state index in [4.69, 9.17) is 42.6 Å². The van der Waals surface area contributed by atoms with Crippen molar-refractivity contribution in [2.45, 2.75) is 40.2 Å². The van der Waals surface area contributed by atoms with Gasteiger partial charge in [-0.1, -0.05) is 54.4 Å². The lowest BCUT2D eigenvalue weighted by Crippen LogP contribution is -2.34. The van der Waals surface area contributed by atoms with Crippen molar-refractivity contribution in [1.29, 1.82) is 0 Å². The van der Waals surface area contributed by atoms with Gasteiger partial charge in [-0.3, -0.25) is 0 Å². The number of nitrogens with zero attached hydrogens (tertiary/aromatic N) is 5. The number of nitrogens with one attached hydrogen (secondary N) is 2. The van der Waals surface area contributed by atoms with Crippen molar-refractivity contribution >= 4 is 65.4 Å². The van der Waals surface area contributed by atoms with Crippen LogP contribution in [-0.2, 0) is 6.61 Å². The third kappa shape index (κ3) is 8.22. The highest BCUT2D eigenvalue weighted by Gasteiger charge is 2.20. The summed E-state index contributed by atoms with van der Waals surface area (Å²) >= 11 is 12.4. The van der Waals surface area contributed by atoms with E-state index < -0.39 is 0 Å². The van der Waals surface area contributed by atoms with Crippen LogP contribution in [0.5, 0.6) is 11.5 Å². The molecule has 2 heterocycles. The monoisotopic (exact) mass is 655 g/mol. The maximum absolute atomic E-state index is 6.36. The molecule has 232 valence electrons. The molecule has 12 heteroatoms. The van der Waals surface area contributed by atoms with Crippen molar-refractivity contribution in [3.8, 4) is 11.5 Å². The molecule has 0 aliphatic carbocycles. The molecule has 2 N–H and O–H groups in total. The van der Waals surface area contributed by atoms with Crippen molar-refractivity contribution in [1.82, 2.24) is 15.0 Å². The van der Waals surface area contributed by atoms with Gasteiger partial charge in [-0.05, 0) is 74.1 Å². The summed E-state index contributed by atoms with van der Waals surface area (Å²) in [5, 5.41) is 8.92. The molecule has 1 aliphatic heterocycles. The minimum absolute atomic E-state index is 0. The van der Waals surface area contributed by atoms with E-state index >= 15 is 0 Å². The van der Waals surface area contributed by atoms with Gasteiger partial charge in [-0.2, -0.15) is 20.1 Å². The maximum Gasteiger partial charge on any atom is 0.250 e. The van der Waals surface area contributed by atoms with E-state index in [0.29, 0.717) is 50.9 Å². The Morgan fingerprint density at radius 2 is 1.75 bits per heavy atom. The zero-order chi connectivity index (χ0) is 30.3. The lowest BCUT2D eigenvalue weighted by Gasteiger charge is -2.30. The summed E-state index contributed by atoms with van der Waals surface area (Å²) in [5.74, 6) is 3.15. The number of halogens is 3. The Balaban J connectivity index is 0.00000442. The molecule has 4 aromatic rings. The van der Waals surface area contributed by atoms with E-state index in [0.717, 1.165) is 42.7 Å². The molecule has 0 saturated carbocycles.